The van der Waals surface area contributed by atoms with Crippen molar-refractivity contribution in [3.63, 3.8) is 0 Å². The molecule has 0 aromatic rings. The Hall–Kier alpha value is -1.30. The molecule has 4 unspecified atom stereocenters. The number of amides is 2. The number of hydrogen-bond donors (Lipinski definition) is 3. The predicted molar refractivity (Wildman–Crippen MR) is 68.9 cm³/mol. The summed E-state index contributed by atoms with van der Waals surface area (Å²) in [5, 5.41) is 14.7. The Bertz CT molecular complexity index is 348. The summed E-state index contributed by atoms with van der Waals surface area (Å²) in [7, 11) is 1.69. The first-order valence-electron chi connectivity index (χ1n) is 6.91. The molecule has 4 atom stereocenters. The molecule has 6 heteroatoms. The third-order valence-corrected chi connectivity index (χ3v) is 4.17. The molecular weight excluding hydrogens is 248 g/mol. The average Bonchev–Trinajstić information content (AvgIpc) is 2.98. The van der Waals surface area contributed by atoms with E-state index in [1.165, 1.54) is 0 Å². The van der Waals surface area contributed by atoms with Gasteiger partial charge in [0.05, 0.1) is 12.0 Å². The Morgan fingerprint density at radius 1 is 1.05 bits per heavy atom. The Kier molecular flexibility index (Phi) is 4.63. The van der Waals surface area contributed by atoms with Crippen molar-refractivity contribution in [3.8, 4) is 0 Å². The molecule has 19 heavy (non-hydrogen) atoms. The van der Waals surface area contributed by atoms with Crippen LogP contribution in [0.4, 0.5) is 4.79 Å². The smallest absolute Gasteiger partial charge is 0.315 e. The normalized spacial score (nSPS) is 34.2. The van der Waals surface area contributed by atoms with Crippen LogP contribution in [0.3, 0.4) is 0 Å². The molecule has 2 rings (SSSR count). The fourth-order valence-electron chi connectivity index (χ4n) is 3.03. The minimum absolute atomic E-state index is 0.0132. The Labute approximate surface area is 112 Å². The second kappa shape index (κ2) is 6.23. The van der Waals surface area contributed by atoms with Crippen LogP contribution in [0.15, 0.2) is 0 Å². The number of rotatable bonds is 4. The molecule has 0 radical (unpaired) electrons. The van der Waals surface area contributed by atoms with E-state index in [1.54, 1.807) is 7.11 Å². The summed E-state index contributed by atoms with van der Waals surface area (Å²) in [5.41, 5.74) is 0. The van der Waals surface area contributed by atoms with E-state index in [9.17, 15) is 9.59 Å². The summed E-state index contributed by atoms with van der Waals surface area (Å²) in [6.07, 6.45) is 4.94. The van der Waals surface area contributed by atoms with Gasteiger partial charge in [-0.2, -0.15) is 0 Å². The summed E-state index contributed by atoms with van der Waals surface area (Å²) >= 11 is 0. The molecule has 2 aliphatic rings. The molecule has 0 heterocycles. The molecule has 0 bridgehead atoms. The highest BCUT2D eigenvalue weighted by molar-refractivity contribution is 5.75. The monoisotopic (exact) mass is 270 g/mol. The van der Waals surface area contributed by atoms with Crippen LogP contribution in [0.1, 0.15) is 38.5 Å². The Morgan fingerprint density at radius 2 is 1.68 bits per heavy atom. The van der Waals surface area contributed by atoms with E-state index in [0.717, 1.165) is 25.7 Å². The lowest BCUT2D eigenvalue weighted by Gasteiger charge is -2.17. The van der Waals surface area contributed by atoms with Crippen molar-refractivity contribution in [2.75, 3.05) is 7.11 Å². The molecule has 0 aromatic heterocycles. The van der Waals surface area contributed by atoms with Crippen LogP contribution in [0.25, 0.3) is 0 Å². The van der Waals surface area contributed by atoms with Gasteiger partial charge >= 0.3 is 12.0 Å². The lowest BCUT2D eigenvalue weighted by molar-refractivity contribution is -0.141. The highest BCUT2D eigenvalue weighted by atomic mass is 16.5. The number of carbonyl (C=O) groups is 2. The Balaban J connectivity index is 1.69. The number of urea groups is 1. The molecule has 6 nitrogen and oxygen atoms in total. The van der Waals surface area contributed by atoms with Gasteiger partial charge in [-0.25, -0.2) is 4.79 Å². The van der Waals surface area contributed by atoms with Crippen molar-refractivity contribution in [1.82, 2.24) is 10.6 Å². The molecule has 3 N–H and O–H groups in total. The van der Waals surface area contributed by atoms with E-state index in [1.807, 2.05) is 0 Å². The standard InChI is InChI=1S/C13H22N2O4/c1-19-11-5-4-10(7-11)15-13(18)14-9-3-2-8(6-9)12(16)17/h8-11H,2-7H2,1H3,(H,16,17)(H2,14,15,18). The van der Waals surface area contributed by atoms with E-state index in [2.05, 4.69) is 10.6 Å². The first kappa shape index (κ1) is 14.1. The molecule has 2 aliphatic carbocycles. The first-order valence-corrected chi connectivity index (χ1v) is 6.91. The number of ether oxygens (including phenoxy) is 1. The van der Waals surface area contributed by atoms with Crippen LogP contribution in [-0.2, 0) is 9.53 Å². The van der Waals surface area contributed by atoms with E-state index in [-0.39, 0.29) is 30.1 Å². The van der Waals surface area contributed by atoms with Gasteiger partial charge in [-0.3, -0.25) is 4.79 Å². The molecule has 0 aliphatic heterocycles. The molecule has 0 aromatic carbocycles. The van der Waals surface area contributed by atoms with Gasteiger partial charge in [0.15, 0.2) is 0 Å². The summed E-state index contributed by atoms with van der Waals surface area (Å²) in [4.78, 5) is 22.7. The maximum atomic E-state index is 11.8. The van der Waals surface area contributed by atoms with Crippen molar-refractivity contribution in [3.05, 3.63) is 0 Å². The molecule has 2 saturated carbocycles. The van der Waals surface area contributed by atoms with Gasteiger partial charge in [-0.05, 0) is 38.5 Å². The number of carbonyl (C=O) groups excluding carboxylic acids is 1. The van der Waals surface area contributed by atoms with Gasteiger partial charge in [0.2, 0.25) is 0 Å². The third kappa shape index (κ3) is 3.83. The van der Waals surface area contributed by atoms with Crippen molar-refractivity contribution < 1.29 is 19.4 Å². The van der Waals surface area contributed by atoms with E-state index in [4.69, 9.17) is 9.84 Å². The Morgan fingerprint density at radius 3 is 2.21 bits per heavy atom. The summed E-state index contributed by atoms with van der Waals surface area (Å²) in [6.45, 7) is 0. The molecule has 0 spiro atoms. The zero-order valence-electron chi connectivity index (χ0n) is 11.2. The average molecular weight is 270 g/mol. The van der Waals surface area contributed by atoms with Crippen molar-refractivity contribution in [2.45, 2.75) is 56.7 Å². The lowest BCUT2D eigenvalue weighted by atomic mass is 10.1. The number of carboxylic acids is 1. The van der Waals surface area contributed by atoms with Crippen LogP contribution in [0.2, 0.25) is 0 Å². The molecular formula is C13H22N2O4. The summed E-state index contributed by atoms with van der Waals surface area (Å²) < 4.78 is 5.26. The SMILES string of the molecule is COC1CCC(NC(=O)NC2CCC(C(=O)O)C2)C1. The highest BCUT2D eigenvalue weighted by Crippen LogP contribution is 2.26. The van der Waals surface area contributed by atoms with Gasteiger partial charge in [0, 0.05) is 19.2 Å². The van der Waals surface area contributed by atoms with Crippen molar-refractivity contribution in [1.29, 1.82) is 0 Å². The molecule has 2 amide bonds. The lowest BCUT2D eigenvalue weighted by Crippen LogP contribution is -2.45. The highest BCUT2D eigenvalue weighted by Gasteiger charge is 2.31. The van der Waals surface area contributed by atoms with Gasteiger partial charge in [-0.1, -0.05) is 0 Å². The number of carboxylic acid groups (broad SMARTS) is 1. The summed E-state index contributed by atoms with van der Waals surface area (Å²) in [6, 6.07) is -0.0276. The van der Waals surface area contributed by atoms with Crippen LogP contribution in [0.5, 0.6) is 0 Å². The van der Waals surface area contributed by atoms with Gasteiger partial charge in [0.1, 0.15) is 0 Å². The number of methoxy groups -OCH3 is 1. The molecule has 0 saturated heterocycles. The van der Waals surface area contributed by atoms with Crippen LogP contribution >= 0.6 is 0 Å². The van der Waals surface area contributed by atoms with Gasteiger partial charge < -0.3 is 20.5 Å². The molecule has 108 valence electrons. The van der Waals surface area contributed by atoms with Crippen LogP contribution < -0.4 is 10.6 Å². The topological polar surface area (TPSA) is 87.7 Å². The van der Waals surface area contributed by atoms with Gasteiger partial charge in [-0.15, -0.1) is 0 Å². The van der Waals surface area contributed by atoms with Crippen LogP contribution in [-0.4, -0.2) is 42.4 Å². The van der Waals surface area contributed by atoms with Crippen LogP contribution in [0, 0.1) is 5.92 Å². The number of hydrogen-bond acceptors (Lipinski definition) is 3. The van der Waals surface area contributed by atoms with Crippen molar-refractivity contribution in [2.24, 2.45) is 5.92 Å². The predicted octanol–water partition coefficient (Wildman–Crippen LogP) is 1.11. The fourth-order valence-corrected chi connectivity index (χ4v) is 3.03. The maximum absolute atomic E-state index is 11.8. The van der Waals surface area contributed by atoms with E-state index in [0.29, 0.717) is 12.8 Å². The summed E-state index contributed by atoms with van der Waals surface area (Å²) in [5.74, 6) is -1.07. The second-order valence-electron chi connectivity index (χ2n) is 5.53. The zero-order valence-corrected chi connectivity index (χ0v) is 11.2. The quantitative estimate of drug-likeness (QED) is 0.714. The number of nitrogens with one attached hydrogen (secondary N) is 2. The maximum Gasteiger partial charge on any atom is 0.315 e. The largest absolute Gasteiger partial charge is 0.481 e. The minimum Gasteiger partial charge on any atom is -0.481 e. The first-order chi connectivity index (χ1) is 9.08. The fraction of sp³-hybridized carbons (Fsp3) is 0.846. The molecule has 2 fully saturated rings. The van der Waals surface area contributed by atoms with E-state index >= 15 is 0 Å². The third-order valence-electron chi connectivity index (χ3n) is 4.17. The second-order valence-corrected chi connectivity index (χ2v) is 5.53. The minimum atomic E-state index is -0.761. The zero-order chi connectivity index (χ0) is 13.8. The van der Waals surface area contributed by atoms with Gasteiger partial charge in [0.25, 0.3) is 0 Å². The number of aliphatic carboxylic acids is 1. The van der Waals surface area contributed by atoms with Crippen molar-refractivity contribution >= 4 is 12.0 Å². The van der Waals surface area contributed by atoms with E-state index < -0.39 is 5.97 Å².